The molecule has 0 bridgehead atoms. The fourth-order valence-corrected chi connectivity index (χ4v) is 2.31. The van der Waals surface area contributed by atoms with Crippen molar-refractivity contribution in [2.75, 3.05) is 26.2 Å². The van der Waals surface area contributed by atoms with Gasteiger partial charge < -0.3 is 5.32 Å². The normalized spacial score (nSPS) is 23.6. The number of carbonyl (C=O) groups excluding carboxylic acids is 2. The molecule has 16 heavy (non-hydrogen) atoms. The van der Waals surface area contributed by atoms with Gasteiger partial charge in [0.2, 0.25) is 5.91 Å². The number of urea groups is 1. The van der Waals surface area contributed by atoms with Gasteiger partial charge in [-0.1, -0.05) is 20.8 Å². The molecule has 2 heterocycles. The van der Waals surface area contributed by atoms with Crippen LogP contribution in [0, 0.1) is 5.41 Å². The molecule has 0 saturated carbocycles. The van der Waals surface area contributed by atoms with Crippen molar-refractivity contribution in [2.24, 2.45) is 5.41 Å². The second-order valence-electron chi connectivity index (χ2n) is 5.83. The second-order valence-corrected chi connectivity index (χ2v) is 5.83. The monoisotopic (exact) mass is 225 g/mol. The first-order valence-corrected chi connectivity index (χ1v) is 5.69. The van der Waals surface area contributed by atoms with Gasteiger partial charge in [-0.3, -0.25) is 14.6 Å². The van der Waals surface area contributed by atoms with Gasteiger partial charge >= 0.3 is 6.03 Å². The number of hydrogen-bond donors (Lipinski definition) is 1. The lowest BCUT2D eigenvalue weighted by Crippen LogP contribution is -2.62. The average molecular weight is 225 g/mol. The third-order valence-electron chi connectivity index (χ3n) is 2.88. The van der Waals surface area contributed by atoms with Crippen molar-refractivity contribution in [3.05, 3.63) is 0 Å². The molecule has 0 spiro atoms. The molecule has 3 amide bonds. The van der Waals surface area contributed by atoms with Gasteiger partial charge in [-0.2, -0.15) is 0 Å². The highest BCUT2D eigenvalue weighted by Gasteiger charge is 2.41. The Bertz CT molecular complexity index is 300. The molecule has 0 unspecified atom stereocenters. The maximum absolute atomic E-state index is 11.4. The van der Waals surface area contributed by atoms with E-state index < -0.39 is 0 Å². The van der Waals surface area contributed by atoms with Crippen molar-refractivity contribution in [1.82, 2.24) is 15.1 Å². The molecule has 0 atom stereocenters. The zero-order chi connectivity index (χ0) is 11.9. The van der Waals surface area contributed by atoms with Crippen LogP contribution in [0.4, 0.5) is 4.79 Å². The molecule has 2 saturated heterocycles. The third kappa shape index (κ3) is 2.19. The summed E-state index contributed by atoms with van der Waals surface area (Å²) >= 11 is 0. The zero-order valence-corrected chi connectivity index (χ0v) is 10.1. The van der Waals surface area contributed by atoms with Crippen molar-refractivity contribution < 1.29 is 9.59 Å². The summed E-state index contributed by atoms with van der Waals surface area (Å²) in [4.78, 5) is 26.5. The number of amides is 3. The quantitative estimate of drug-likeness (QED) is 0.686. The lowest BCUT2D eigenvalue weighted by Gasteiger charge is -2.45. The van der Waals surface area contributed by atoms with Crippen LogP contribution >= 0.6 is 0 Å². The van der Waals surface area contributed by atoms with E-state index in [1.54, 1.807) is 0 Å². The molecule has 2 rings (SSSR count). The van der Waals surface area contributed by atoms with Gasteiger partial charge in [-0.25, -0.2) is 4.79 Å². The Balaban J connectivity index is 1.84. The van der Waals surface area contributed by atoms with Gasteiger partial charge in [0.15, 0.2) is 0 Å². The summed E-state index contributed by atoms with van der Waals surface area (Å²) in [7, 11) is 0. The first-order valence-electron chi connectivity index (χ1n) is 5.69. The van der Waals surface area contributed by atoms with Crippen molar-refractivity contribution in [1.29, 1.82) is 0 Å². The summed E-state index contributed by atoms with van der Waals surface area (Å²) in [5.41, 5.74) is 0.266. The van der Waals surface area contributed by atoms with E-state index in [0.717, 1.165) is 19.6 Å². The zero-order valence-electron chi connectivity index (χ0n) is 10.1. The van der Waals surface area contributed by atoms with E-state index in [4.69, 9.17) is 0 Å². The van der Waals surface area contributed by atoms with Crippen LogP contribution in [0.2, 0.25) is 0 Å². The molecule has 0 aromatic heterocycles. The van der Waals surface area contributed by atoms with Crippen LogP contribution in [0.5, 0.6) is 0 Å². The van der Waals surface area contributed by atoms with Gasteiger partial charge in [-0.15, -0.1) is 0 Å². The molecule has 5 heteroatoms. The highest BCUT2D eigenvalue weighted by Crippen LogP contribution is 2.23. The Kier molecular flexibility index (Phi) is 2.66. The van der Waals surface area contributed by atoms with Crippen molar-refractivity contribution in [3.63, 3.8) is 0 Å². The standard InChI is InChI=1S/C11H19N3O2/c1-11(2,3)7-13-5-8(6-13)14-9(15)4-12-10(14)16/h8H,4-7H2,1-3H3,(H,12,16). The molecule has 2 aliphatic heterocycles. The summed E-state index contributed by atoms with van der Waals surface area (Å²) in [6, 6.07) is -0.150. The fraction of sp³-hybridized carbons (Fsp3) is 0.818. The Morgan fingerprint density at radius 2 is 1.94 bits per heavy atom. The van der Waals surface area contributed by atoms with E-state index in [1.165, 1.54) is 4.90 Å². The first-order chi connectivity index (χ1) is 7.37. The minimum atomic E-state index is -0.231. The van der Waals surface area contributed by atoms with Gasteiger partial charge in [0.1, 0.15) is 0 Å². The molecule has 0 aliphatic carbocycles. The first kappa shape index (κ1) is 11.4. The molecule has 2 aliphatic rings. The van der Waals surface area contributed by atoms with Crippen molar-refractivity contribution in [3.8, 4) is 0 Å². The van der Waals surface area contributed by atoms with E-state index in [1.807, 2.05) is 0 Å². The van der Waals surface area contributed by atoms with E-state index in [9.17, 15) is 9.59 Å². The smallest absolute Gasteiger partial charge is 0.324 e. The number of rotatable bonds is 2. The molecule has 90 valence electrons. The van der Waals surface area contributed by atoms with E-state index in [2.05, 4.69) is 31.0 Å². The average Bonchev–Trinajstić information content (AvgIpc) is 2.38. The molecule has 0 aromatic rings. The van der Waals surface area contributed by atoms with Crippen LogP contribution in [-0.4, -0.2) is 54.0 Å². The summed E-state index contributed by atoms with van der Waals surface area (Å²) in [5, 5.41) is 2.55. The summed E-state index contributed by atoms with van der Waals surface area (Å²) in [6.45, 7) is 9.37. The SMILES string of the molecule is CC(C)(C)CN1CC(N2C(=O)CNC2=O)C1. The second kappa shape index (κ2) is 3.73. The number of nitrogens with one attached hydrogen (secondary N) is 1. The Hall–Kier alpha value is -1.10. The summed E-state index contributed by atoms with van der Waals surface area (Å²) in [5.74, 6) is -0.0922. The highest BCUT2D eigenvalue weighted by atomic mass is 16.2. The lowest BCUT2D eigenvalue weighted by molar-refractivity contribution is -0.129. The van der Waals surface area contributed by atoms with E-state index >= 15 is 0 Å². The predicted octanol–water partition coefficient (Wildman–Crippen LogP) is 0.269. The van der Waals surface area contributed by atoms with E-state index in [-0.39, 0.29) is 29.9 Å². The van der Waals surface area contributed by atoms with Crippen LogP contribution < -0.4 is 5.32 Å². The number of nitrogens with zero attached hydrogens (tertiary/aromatic N) is 2. The van der Waals surface area contributed by atoms with Crippen molar-refractivity contribution in [2.45, 2.75) is 26.8 Å². The van der Waals surface area contributed by atoms with E-state index in [0.29, 0.717) is 0 Å². The Morgan fingerprint density at radius 1 is 1.31 bits per heavy atom. The molecule has 1 N–H and O–H groups in total. The Morgan fingerprint density at radius 3 is 2.38 bits per heavy atom. The number of likely N-dealkylation sites (tertiary alicyclic amines) is 1. The highest BCUT2D eigenvalue weighted by molar-refractivity contribution is 6.02. The fourth-order valence-electron chi connectivity index (χ4n) is 2.31. The molecular weight excluding hydrogens is 206 g/mol. The predicted molar refractivity (Wildman–Crippen MR) is 59.9 cm³/mol. The van der Waals surface area contributed by atoms with Crippen LogP contribution in [0.3, 0.4) is 0 Å². The van der Waals surface area contributed by atoms with Gasteiger partial charge in [-0.05, 0) is 5.41 Å². The molecule has 2 fully saturated rings. The topological polar surface area (TPSA) is 52.6 Å². The third-order valence-corrected chi connectivity index (χ3v) is 2.88. The molecular formula is C11H19N3O2. The lowest BCUT2D eigenvalue weighted by atomic mass is 9.93. The molecule has 0 radical (unpaired) electrons. The molecule has 0 aromatic carbocycles. The van der Waals surface area contributed by atoms with Crippen LogP contribution in [-0.2, 0) is 4.79 Å². The number of imide groups is 1. The van der Waals surface area contributed by atoms with Gasteiger partial charge in [0.25, 0.3) is 0 Å². The maximum Gasteiger partial charge on any atom is 0.324 e. The maximum atomic E-state index is 11.4. The minimum Gasteiger partial charge on any atom is -0.329 e. The largest absolute Gasteiger partial charge is 0.329 e. The summed E-state index contributed by atoms with van der Waals surface area (Å²) in [6.07, 6.45) is 0. The van der Waals surface area contributed by atoms with Crippen molar-refractivity contribution >= 4 is 11.9 Å². The van der Waals surface area contributed by atoms with Crippen LogP contribution in [0.25, 0.3) is 0 Å². The Labute approximate surface area is 95.8 Å². The van der Waals surface area contributed by atoms with Gasteiger partial charge in [0.05, 0.1) is 12.6 Å². The number of hydrogen-bond acceptors (Lipinski definition) is 3. The van der Waals surface area contributed by atoms with Gasteiger partial charge in [0, 0.05) is 19.6 Å². The molecule has 5 nitrogen and oxygen atoms in total. The summed E-state index contributed by atoms with van der Waals surface area (Å²) < 4.78 is 0. The number of carbonyl (C=O) groups is 2. The van der Waals surface area contributed by atoms with Crippen LogP contribution in [0.15, 0.2) is 0 Å². The minimum absolute atomic E-state index is 0.0809. The van der Waals surface area contributed by atoms with Crippen LogP contribution in [0.1, 0.15) is 20.8 Å².